The molecule has 2 saturated carbocycles. The third-order valence-electron chi connectivity index (χ3n) is 5.06. The van der Waals surface area contributed by atoms with Gasteiger partial charge in [-0.1, -0.05) is 31.3 Å². The zero-order valence-electron chi connectivity index (χ0n) is 12.4. The number of nitrogens with one attached hydrogen (secondary N) is 1. The minimum absolute atomic E-state index is 0.0888. The molecule has 0 unspecified atom stereocenters. The van der Waals surface area contributed by atoms with Crippen LogP contribution in [-0.4, -0.2) is 22.5 Å². The van der Waals surface area contributed by atoms with Gasteiger partial charge < -0.3 is 16.3 Å². The predicted molar refractivity (Wildman–Crippen MR) is 78.5 cm³/mol. The Morgan fingerprint density at radius 1 is 1.20 bits per heavy atom. The Bertz CT molecular complexity index is 367. The summed E-state index contributed by atoms with van der Waals surface area (Å²) in [5.41, 5.74) is 5.26. The van der Waals surface area contributed by atoms with Crippen molar-refractivity contribution in [3.63, 3.8) is 0 Å². The van der Waals surface area contributed by atoms with Crippen LogP contribution in [0.4, 0.5) is 0 Å². The van der Waals surface area contributed by atoms with Gasteiger partial charge in [-0.05, 0) is 44.4 Å². The van der Waals surface area contributed by atoms with Gasteiger partial charge in [0.2, 0.25) is 5.91 Å². The largest absolute Gasteiger partial charge is 0.409 e. The molecule has 4 N–H and O–H groups in total. The van der Waals surface area contributed by atoms with Gasteiger partial charge in [0.05, 0.1) is 0 Å². The molecule has 114 valence electrons. The van der Waals surface area contributed by atoms with E-state index >= 15 is 0 Å². The first kappa shape index (κ1) is 15.1. The highest BCUT2D eigenvalue weighted by Gasteiger charge is 2.41. The van der Waals surface area contributed by atoms with Crippen LogP contribution in [0.2, 0.25) is 0 Å². The second-order valence-corrected chi connectivity index (χ2v) is 6.57. The van der Waals surface area contributed by atoms with Gasteiger partial charge in [-0.3, -0.25) is 4.79 Å². The zero-order chi connectivity index (χ0) is 14.6. The Hall–Kier alpha value is -1.26. The summed E-state index contributed by atoms with van der Waals surface area (Å²) in [7, 11) is 0. The van der Waals surface area contributed by atoms with Crippen LogP contribution in [-0.2, 0) is 4.79 Å². The molecule has 0 spiro atoms. The van der Waals surface area contributed by atoms with Crippen molar-refractivity contribution < 1.29 is 10.0 Å². The normalized spacial score (nSPS) is 32.9. The number of nitrogens with zero attached hydrogens (tertiary/aromatic N) is 1. The van der Waals surface area contributed by atoms with Gasteiger partial charge in [0, 0.05) is 5.92 Å². The van der Waals surface area contributed by atoms with Gasteiger partial charge in [0.1, 0.15) is 5.54 Å². The van der Waals surface area contributed by atoms with Gasteiger partial charge >= 0.3 is 0 Å². The number of hydrogen-bond donors (Lipinski definition) is 3. The van der Waals surface area contributed by atoms with Gasteiger partial charge in [-0.15, -0.1) is 0 Å². The van der Waals surface area contributed by atoms with Gasteiger partial charge in [0.15, 0.2) is 5.84 Å². The summed E-state index contributed by atoms with van der Waals surface area (Å²) in [4.78, 5) is 12.5. The van der Waals surface area contributed by atoms with Crippen LogP contribution in [0.1, 0.15) is 64.7 Å². The highest BCUT2D eigenvalue weighted by atomic mass is 16.4. The van der Waals surface area contributed by atoms with Crippen LogP contribution in [0, 0.1) is 11.8 Å². The Kier molecular flexibility index (Phi) is 4.89. The number of rotatable bonds is 3. The van der Waals surface area contributed by atoms with Gasteiger partial charge in [-0.2, -0.15) is 0 Å². The summed E-state index contributed by atoms with van der Waals surface area (Å²) in [5, 5.41) is 15.4. The average molecular weight is 281 g/mol. The van der Waals surface area contributed by atoms with Crippen molar-refractivity contribution in [3.05, 3.63) is 0 Å². The van der Waals surface area contributed by atoms with E-state index < -0.39 is 5.54 Å². The molecule has 0 aliphatic heterocycles. The summed E-state index contributed by atoms with van der Waals surface area (Å²) in [5.74, 6) is 0.993. The maximum absolute atomic E-state index is 12.5. The van der Waals surface area contributed by atoms with E-state index in [1.165, 1.54) is 6.42 Å². The first-order valence-corrected chi connectivity index (χ1v) is 7.87. The standard InChI is InChI=1S/C15H27N3O2/c1-11-7-9-15(10-8-11,14(16)18-20)17-13(19)12-5-3-2-4-6-12/h11-12,20H,2-10H2,1H3,(H2,16,18)(H,17,19). The van der Waals surface area contributed by atoms with Crippen LogP contribution in [0.25, 0.3) is 0 Å². The number of carbonyl (C=O) groups excluding carboxylic acids is 1. The molecular formula is C15H27N3O2. The van der Waals surface area contributed by atoms with Crippen molar-refractivity contribution in [2.24, 2.45) is 22.7 Å². The van der Waals surface area contributed by atoms with Crippen molar-refractivity contribution in [3.8, 4) is 0 Å². The lowest BCUT2D eigenvalue weighted by Gasteiger charge is -2.40. The fourth-order valence-electron chi connectivity index (χ4n) is 3.50. The number of carbonyl (C=O) groups is 1. The SMILES string of the molecule is CC1CCC(NC(=O)C2CCCCC2)(/C(N)=N/O)CC1. The van der Waals surface area contributed by atoms with Crippen LogP contribution in [0.5, 0.6) is 0 Å². The van der Waals surface area contributed by atoms with E-state index in [2.05, 4.69) is 17.4 Å². The lowest BCUT2D eigenvalue weighted by atomic mass is 9.75. The molecule has 0 atom stereocenters. The third kappa shape index (κ3) is 3.25. The molecule has 2 aliphatic carbocycles. The predicted octanol–water partition coefficient (Wildman–Crippen LogP) is 2.38. The van der Waals surface area contributed by atoms with E-state index in [4.69, 9.17) is 10.9 Å². The number of amidine groups is 1. The van der Waals surface area contributed by atoms with Crippen molar-refractivity contribution in [2.45, 2.75) is 70.3 Å². The highest BCUT2D eigenvalue weighted by Crippen LogP contribution is 2.33. The second kappa shape index (κ2) is 6.46. The molecule has 2 fully saturated rings. The fraction of sp³-hybridized carbons (Fsp3) is 0.867. The molecule has 20 heavy (non-hydrogen) atoms. The van der Waals surface area contributed by atoms with Crippen LogP contribution in [0.3, 0.4) is 0 Å². The van der Waals surface area contributed by atoms with Crippen molar-refractivity contribution in [1.29, 1.82) is 0 Å². The Morgan fingerprint density at radius 3 is 2.35 bits per heavy atom. The summed E-state index contributed by atoms with van der Waals surface area (Å²) in [6.45, 7) is 2.21. The zero-order valence-corrected chi connectivity index (χ0v) is 12.4. The van der Waals surface area contributed by atoms with Crippen LogP contribution < -0.4 is 11.1 Å². The Labute approximate surface area is 121 Å². The topological polar surface area (TPSA) is 87.7 Å². The van der Waals surface area contributed by atoms with E-state index in [0.717, 1.165) is 51.4 Å². The second-order valence-electron chi connectivity index (χ2n) is 6.57. The summed E-state index contributed by atoms with van der Waals surface area (Å²) in [6, 6.07) is 0. The first-order chi connectivity index (χ1) is 9.57. The molecule has 5 nitrogen and oxygen atoms in total. The highest BCUT2D eigenvalue weighted by molar-refractivity contribution is 5.94. The molecule has 0 aromatic carbocycles. The molecular weight excluding hydrogens is 254 g/mol. The van der Waals surface area contributed by atoms with E-state index in [-0.39, 0.29) is 17.7 Å². The summed E-state index contributed by atoms with van der Waals surface area (Å²) in [6.07, 6.45) is 8.96. The van der Waals surface area contributed by atoms with Crippen LogP contribution in [0.15, 0.2) is 5.16 Å². The molecule has 0 heterocycles. The minimum atomic E-state index is -0.629. The summed E-state index contributed by atoms with van der Waals surface area (Å²) >= 11 is 0. The average Bonchev–Trinajstić information content (AvgIpc) is 2.49. The maximum Gasteiger partial charge on any atom is 0.223 e. The first-order valence-electron chi connectivity index (χ1n) is 7.87. The lowest BCUT2D eigenvalue weighted by Crippen LogP contribution is -2.60. The van der Waals surface area contributed by atoms with Crippen LogP contribution >= 0.6 is 0 Å². The number of amides is 1. The molecule has 0 radical (unpaired) electrons. The molecule has 0 aromatic rings. The molecule has 0 saturated heterocycles. The monoisotopic (exact) mass is 281 g/mol. The summed E-state index contributed by atoms with van der Waals surface area (Å²) < 4.78 is 0. The quantitative estimate of drug-likeness (QED) is 0.321. The number of hydrogen-bond acceptors (Lipinski definition) is 3. The Balaban J connectivity index is 2.06. The van der Waals surface area contributed by atoms with Crippen molar-refractivity contribution >= 4 is 11.7 Å². The van der Waals surface area contributed by atoms with E-state index in [9.17, 15) is 4.79 Å². The molecule has 2 rings (SSSR count). The van der Waals surface area contributed by atoms with E-state index in [0.29, 0.717) is 5.92 Å². The van der Waals surface area contributed by atoms with Crippen molar-refractivity contribution in [1.82, 2.24) is 5.32 Å². The molecule has 5 heteroatoms. The molecule has 1 amide bonds. The van der Waals surface area contributed by atoms with E-state index in [1.807, 2.05) is 0 Å². The Morgan fingerprint density at radius 2 is 1.80 bits per heavy atom. The maximum atomic E-state index is 12.5. The molecule has 0 aromatic heterocycles. The van der Waals surface area contributed by atoms with Gasteiger partial charge in [0.25, 0.3) is 0 Å². The smallest absolute Gasteiger partial charge is 0.223 e. The van der Waals surface area contributed by atoms with Crippen molar-refractivity contribution in [2.75, 3.05) is 0 Å². The number of oxime groups is 1. The number of nitrogens with two attached hydrogens (primary N) is 1. The molecule has 0 bridgehead atoms. The fourth-order valence-corrected chi connectivity index (χ4v) is 3.50. The minimum Gasteiger partial charge on any atom is -0.409 e. The van der Waals surface area contributed by atoms with Gasteiger partial charge in [-0.25, -0.2) is 0 Å². The molecule has 2 aliphatic rings. The lowest BCUT2D eigenvalue weighted by molar-refractivity contribution is -0.127. The third-order valence-corrected chi connectivity index (χ3v) is 5.06. The van der Waals surface area contributed by atoms with E-state index in [1.54, 1.807) is 0 Å².